The molecule has 86 valence electrons. The van der Waals surface area contributed by atoms with E-state index in [0.717, 1.165) is 31.6 Å². The van der Waals surface area contributed by atoms with Gasteiger partial charge in [-0.3, -0.25) is 4.79 Å². The molecule has 1 saturated heterocycles. The lowest BCUT2D eigenvalue weighted by atomic mass is 9.89. The highest BCUT2D eigenvalue weighted by Crippen LogP contribution is 2.30. The first-order chi connectivity index (χ1) is 7.77. The summed E-state index contributed by atoms with van der Waals surface area (Å²) in [5, 5.41) is 6.27. The Bertz CT molecular complexity index is 370. The summed E-state index contributed by atoms with van der Waals surface area (Å²) in [6.07, 6.45) is 2.30. The maximum absolute atomic E-state index is 11.1. The molecule has 1 amide bonds. The van der Waals surface area contributed by atoms with E-state index in [-0.39, 0.29) is 5.91 Å². The molecule has 16 heavy (non-hydrogen) atoms. The molecular formula is C13H18N2O. The third-order valence-electron chi connectivity index (χ3n) is 3.05. The molecule has 0 bridgehead atoms. The molecule has 0 unspecified atom stereocenters. The first-order valence-corrected chi connectivity index (χ1v) is 5.84. The van der Waals surface area contributed by atoms with E-state index in [1.807, 2.05) is 18.2 Å². The second kappa shape index (κ2) is 5.12. The van der Waals surface area contributed by atoms with Gasteiger partial charge in [-0.1, -0.05) is 18.2 Å². The first kappa shape index (κ1) is 11.1. The minimum Gasteiger partial charge on any atom is -0.326 e. The number of nitrogens with one attached hydrogen (secondary N) is 2. The van der Waals surface area contributed by atoms with Crippen molar-refractivity contribution in [3.05, 3.63) is 29.8 Å². The smallest absolute Gasteiger partial charge is 0.221 e. The van der Waals surface area contributed by atoms with Crippen LogP contribution in [-0.4, -0.2) is 19.0 Å². The van der Waals surface area contributed by atoms with Gasteiger partial charge in [0.15, 0.2) is 0 Å². The van der Waals surface area contributed by atoms with Crippen LogP contribution in [0, 0.1) is 0 Å². The number of hydrogen-bond acceptors (Lipinski definition) is 2. The van der Waals surface area contributed by atoms with Crippen molar-refractivity contribution < 1.29 is 4.79 Å². The maximum atomic E-state index is 11.1. The monoisotopic (exact) mass is 218 g/mol. The molecule has 1 aliphatic heterocycles. The highest BCUT2D eigenvalue weighted by atomic mass is 16.1. The molecule has 0 aromatic heterocycles. The quantitative estimate of drug-likeness (QED) is 0.798. The Hall–Kier alpha value is -1.35. The van der Waals surface area contributed by atoms with Gasteiger partial charge in [0.25, 0.3) is 0 Å². The maximum Gasteiger partial charge on any atom is 0.221 e. The van der Waals surface area contributed by atoms with Crippen molar-refractivity contribution in [2.75, 3.05) is 18.4 Å². The van der Waals surface area contributed by atoms with Gasteiger partial charge in [-0.25, -0.2) is 0 Å². The van der Waals surface area contributed by atoms with Crippen molar-refractivity contribution in [3.8, 4) is 0 Å². The van der Waals surface area contributed by atoms with Gasteiger partial charge < -0.3 is 10.6 Å². The lowest BCUT2D eigenvalue weighted by Crippen LogP contribution is -2.27. The normalized spacial score (nSPS) is 17.1. The van der Waals surface area contributed by atoms with Crippen LogP contribution in [0.1, 0.15) is 31.2 Å². The SMILES string of the molecule is CC(=O)Nc1ccccc1C1CCNCC1. The second-order valence-corrected chi connectivity index (χ2v) is 4.29. The number of amides is 1. The summed E-state index contributed by atoms with van der Waals surface area (Å²) in [6, 6.07) is 8.12. The van der Waals surface area contributed by atoms with Crippen molar-refractivity contribution in [3.63, 3.8) is 0 Å². The van der Waals surface area contributed by atoms with Gasteiger partial charge in [0.05, 0.1) is 0 Å². The summed E-state index contributed by atoms with van der Waals surface area (Å²) in [5.41, 5.74) is 2.25. The molecule has 1 fully saturated rings. The summed E-state index contributed by atoms with van der Waals surface area (Å²) in [5.74, 6) is 0.575. The van der Waals surface area contributed by atoms with Gasteiger partial charge in [-0.05, 0) is 43.5 Å². The molecule has 0 saturated carbocycles. The predicted octanol–water partition coefficient (Wildman–Crippen LogP) is 2.11. The third kappa shape index (κ3) is 2.61. The van der Waals surface area contributed by atoms with Crippen LogP contribution in [0.3, 0.4) is 0 Å². The van der Waals surface area contributed by atoms with Crippen LogP contribution >= 0.6 is 0 Å². The lowest BCUT2D eigenvalue weighted by molar-refractivity contribution is -0.114. The van der Waals surface area contributed by atoms with E-state index in [9.17, 15) is 4.79 Å². The van der Waals surface area contributed by atoms with E-state index in [0.29, 0.717) is 5.92 Å². The Morgan fingerprint density at radius 3 is 2.69 bits per heavy atom. The molecular weight excluding hydrogens is 200 g/mol. The zero-order chi connectivity index (χ0) is 11.4. The van der Waals surface area contributed by atoms with Crippen LogP contribution in [0.2, 0.25) is 0 Å². The molecule has 3 heteroatoms. The molecule has 1 aliphatic rings. The van der Waals surface area contributed by atoms with Crippen molar-refractivity contribution in [2.24, 2.45) is 0 Å². The van der Waals surface area contributed by atoms with Gasteiger partial charge in [0.1, 0.15) is 0 Å². The summed E-state index contributed by atoms with van der Waals surface area (Å²) in [6.45, 7) is 3.69. The van der Waals surface area contributed by atoms with E-state index in [4.69, 9.17) is 0 Å². The minimum atomic E-state index is 0.00128. The van der Waals surface area contributed by atoms with Crippen LogP contribution in [0.4, 0.5) is 5.69 Å². The highest BCUT2D eigenvalue weighted by molar-refractivity contribution is 5.89. The van der Waals surface area contributed by atoms with E-state index in [1.54, 1.807) is 6.92 Å². The number of carbonyl (C=O) groups is 1. The molecule has 2 rings (SSSR count). The number of para-hydroxylation sites is 1. The van der Waals surface area contributed by atoms with Crippen LogP contribution in [-0.2, 0) is 4.79 Å². The molecule has 1 heterocycles. The van der Waals surface area contributed by atoms with Crippen molar-refractivity contribution in [1.82, 2.24) is 5.32 Å². The summed E-state index contributed by atoms with van der Waals surface area (Å²) in [7, 11) is 0. The van der Waals surface area contributed by atoms with E-state index in [2.05, 4.69) is 16.7 Å². The highest BCUT2D eigenvalue weighted by Gasteiger charge is 2.17. The van der Waals surface area contributed by atoms with Crippen LogP contribution in [0.5, 0.6) is 0 Å². The number of benzene rings is 1. The Balaban J connectivity index is 2.20. The second-order valence-electron chi connectivity index (χ2n) is 4.29. The fraction of sp³-hybridized carbons (Fsp3) is 0.462. The molecule has 0 spiro atoms. The third-order valence-corrected chi connectivity index (χ3v) is 3.05. The predicted molar refractivity (Wildman–Crippen MR) is 65.6 cm³/mol. The first-order valence-electron chi connectivity index (χ1n) is 5.84. The Morgan fingerprint density at radius 2 is 2.00 bits per heavy atom. The zero-order valence-corrected chi connectivity index (χ0v) is 9.62. The average Bonchev–Trinajstić information content (AvgIpc) is 2.30. The number of rotatable bonds is 2. The van der Waals surface area contributed by atoms with Crippen LogP contribution in [0.15, 0.2) is 24.3 Å². The molecule has 2 N–H and O–H groups in total. The number of anilines is 1. The van der Waals surface area contributed by atoms with Gasteiger partial charge in [-0.15, -0.1) is 0 Å². The molecule has 1 aromatic carbocycles. The standard InChI is InChI=1S/C13H18N2O/c1-10(16)15-13-5-3-2-4-12(13)11-6-8-14-9-7-11/h2-5,11,14H,6-9H2,1H3,(H,15,16). The molecule has 0 radical (unpaired) electrons. The minimum absolute atomic E-state index is 0.00128. The summed E-state index contributed by atoms with van der Waals surface area (Å²) >= 11 is 0. The van der Waals surface area contributed by atoms with Crippen LogP contribution < -0.4 is 10.6 Å². The number of carbonyl (C=O) groups excluding carboxylic acids is 1. The number of piperidine rings is 1. The van der Waals surface area contributed by atoms with Crippen molar-refractivity contribution in [2.45, 2.75) is 25.7 Å². The summed E-state index contributed by atoms with van der Waals surface area (Å²) < 4.78 is 0. The van der Waals surface area contributed by atoms with Gasteiger partial charge in [-0.2, -0.15) is 0 Å². The lowest BCUT2D eigenvalue weighted by Gasteiger charge is -2.25. The average molecular weight is 218 g/mol. The van der Waals surface area contributed by atoms with Gasteiger partial charge >= 0.3 is 0 Å². The fourth-order valence-electron chi connectivity index (χ4n) is 2.29. The van der Waals surface area contributed by atoms with E-state index in [1.165, 1.54) is 5.56 Å². The number of hydrogen-bond donors (Lipinski definition) is 2. The van der Waals surface area contributed by atoms with Gasteiger partial charge in [0.2, 0.25) is 5.91 Å². The fourth-order valence-corrected chi connectivity index (χ4v) is 2.29. The van der Waals surface area contributed by atoms with Gasteiger partial charge in [0, 0.05) is 12.6 Å². The van der Waals surface area contributed by atoms with Crippen molar-refractivity contribution in [1.29, 1.82) is 0 Å². The van der Waals surface area contributed by atoms with Crippen LogP contribution in [0.25, 0.3) is 0 Å². The molecule has 1 aromatic rings. The topological polar surface area (TPSA) is 41.1 Å². The van der Waals surface area contributed by atoms with E-state index < -0.39 is 0 Å². The van der Waals surface area contributed by atoms with E-state index >= 15 is 0 Å². The molecule has 3 nitrogen and oxygen atoms in total. The largest absolute Gasteiger partial charge is 0.326 e. The Labute approximate surface area is 96.2 Å². The Kier molecular flexibility index (Phi) is 3.57. The zero-order valence-electron chi connectivity index (χ0n) is 9.62. The van der Waals surface area contributed by atoms with Crippen molar-refractivity contribution >= 4 is 11.6 Å². The molecule has 0 aliphatic carbocycles. The Morgan fingerprint density at radius 1 is 1.31 bits per heavy atom. The summed E-state index contributed by atoms with van der Waals surface area (Å²) in [4.78, 5) is 11.1. The molecule has 0 atom stereocenters.